The summed E-state index contributed by atoms with van der Waals surface area (Å²) in [4.78, 5) is 4.24. The zero-order valence-corrected chi connectivity index (χ0v) is 11.3. The SMILES string of the molecule is Cc1nn(C)c(Cl)c1COCCc1ccccn1. The number of hydrogen-bond acceptors (Lipinski definition) is 3. The molecule has 0 spiro atoms. The van der Waals surface area contributed by atoms with Gasteiger partial charge < -0.3 is 4.74 Å². The molecule has 0 N–H and O–H groups in total. The highest BCUT2D eigenvalue weighted by Gasteiger charge is 2.10. The molecule has 18 heavy (non-hydrogen) atoms. The molecule has 0 amide bonds. The van der Waals surface area contributed by atoms with Crippen LogP contribution in [0.25, 0.3) is 0 Å². The Morgan fingerprint density at radius 3 is 2.83 bits per heavy atom. The lowest BCUT2D eigenvalue weighted by Crippen LogP contribution is -2.01. The van der Waals surface area contributed by atoms with Crippen molar-refractivity contribution in [2.24, 2.45) is 7.05 Å². The van der Waals surface area contributed by atoms with Gasteiger partial charge in [0.15, 0.2) is 0 Å². The van der Waals surface area contributed by atoms with Crippen molar-refractivity contribution in [2.75, 3.05) is 6.61 Å². The van der Waals surface area contributed by atoms with Crippen molar-refractivity contribution in [1.29, 1.82) is 0 Å². The number of ether oxygens (including phenoxy) is 1. The Hall–Kier alpha value is -1.39. The van der Waals surface area contributed by atoms with Crippen LogP contribution < -0.4 is 0 Å². The number of nitrogens with zero attached hydrogens (tertiary/aromatic N) is 3. The van der Waals surface area contributed by atoms with E-state index in [-0.39, 0.29) is 0 Å². The van der Waals surface area contributed by atoms with Gasteiger partial charge >= 0.3 is 0 Å². The number of halogens is 1. The Labute approximate surface area is 112 Å². The molecule has 0 atom stereocenters. The van der Waals surface area contributed by atoms with Gasteiger partial charge in [-0.25, -0.2) is 0 Å². The third-order valence-electron chi connectivity index (χ3n) is 2.74. The van der Waals surface area contributed by atoms with Crippen molar-refractivity contribution < 1.29 is 4.74 Å². The first-order valence-corrected chi connectivity index (χ1v) is 6.22. The summed E-state index contributed by atoms with van der Waals surface area (Å²) < 4.78 is 7.28. The predicted octanol–water partition coefficient (Wildman–Crippen LogP) is 2.54. The van der Waals surface area contributed by atoms with Gasteiger partial charge in [0.2, 0.25) is 0 Å². The highest BCUT2D eigenvalue weighted by atomic mass is 35.5. The molecule has 2 aromatic heterocycles. The van der Waals surface area contributed by atoms with Gasteiger partial charge in [0, 0.05) is 30.9 Å². The second-order valence-corrected chi connectivity index (χ2v) is 4.46. The van der Waals surface area contributed by atoms with Crippen LogP contribution in [0.1, 0.15) is 17.0 Å². The van der Waals surface area contributed by atoms with E-state index < -0.39 is 0 Å². The van der Waals surface area contributed by atoms with Crippen molar-refractivity contribution in [3.8, 4) is 0 Å². The fourth-order valence-electron chi connectivity index (χ4n) is 1.73. The van der Waals surface area contributed by atoms with Gasteiger partial charge in [0.25, 0.3) is 0 Å². The quantitative estimate of drug-likeness (QED) is 0.780. The van der Waals surface area contributed by atoms with Gasteiger partial charge in [-0.3, -0.25) is 9.67 Å². The van der Waals surface area contributed by atoms with Gasteiger partial charge in [0.1, 0.15) is 5.15 Å². The van der Waals surface area contributed by atoms with Crippen molar-refractivity contribution in [3.63, 3.8) is 0 Å². The highest BCUT2D eigenvalue weighted by molar-refractivity contribution is 6.30. The van der Waals surface area contributed by atoms with Gasteiger partial charge in [-0.2, -0.15) is 5.10 Å². The van der Waals surface area contributed by atoms with Crippen LogP contribution in [-0.4, -0.2) is 21.4 Å². The Balaban J connectivity index is 1.82. The molecule has 2 heterocycles. The van der Waals surface area contributed by atoms with Crippen molar-refractivity contribution in [3.05, 3.63) is 46.5 Å². The summed E-state index contributed by atoms with van der Waals surface area (Å²) in [6.07, 6.45) is 2.59. The van der Waals surface area contributed by atoms with Gasteiger partial charge in [-0.1, -0.05) is 17.7 Å². The summed E-state index contributed by atoms with van der Waals surface area (Å²) >= 11 is 6.12. The minimum absolute atomic E-state index is 0.491. The Morgan fingerprint density at radius 2 is 2.22 bits per heavy atom. The van der Waals surface area contributed by atoms with Crippen LogP contribution in [0.2, 0.25) is 5.15 Å². The molecule has 0 saturated carbocycles. The van der Waals surface area contributed by atoms with Crippen LogP contribution in [0.4, 0.5) is 0 Å². The fourth-order valence-corrected chi connectivity index (χ4v) is 1.96. The number of pyridine rings is 1. The molecule has 0 saturated heterocycles. The lowest BCUT2D eigenvalue weighted by Gasteiger charge is -2.04. The van der Waals surface area contributed by atoms with E-state index in [0.717, 1.165) is 23.4 Å². The lowest BCUT2D eigenvalue weighted by atomic mass is 10.3. The molecular weight excluding hydrogens is 250 g/mol. The van der Waals surface area contributed by atoms with Crippen molar-refractivity contribution in [1.82, 2.24) is 14.8 Å². The first-order valence-electron chi connectivity index (χ1n) is 5.84. The molecule has 5 heteroatoms. The molecule has 0 unspecified atom stereocenters. The molecule has 0 aliphatic rings. The summed E-state index contributed by atoms with van der Waals surface area (Å²) in [6.45, 7) is 3.05. The average molecular weight is 266 g/mol. The maximum atomic E-state index is 6.12. The molecule has 4 nitrogen and oxygen atoms in total. The van der Waals surface area contributed by atoms with E-state index in [9.17, 15) is 0 Å². The summed E-state index contributed by atoms with van der Waals surface area (Å²) in [6, 6.07) is 5.87. The van der Waals surface area contributed by atoms with Crippen molar-refractivity contribution in [2.45, 2.75) is 20.0 Å². The first-order chi connectivity index (χ1) is 8.68. The molecule has 2 aromatic rings. The van der Waals surface area contributed by atoms with Gasteiger partial charge in [-0.05, 0) is 19.1 Å². The Morgan fingerprint density at radius 1 is 1.39 bits per heavy atom. The Kier molecular flexibility index (Phi) is 4.33. The van der Waals surface area contributed by atoms with Crippen LogP contribution in [0, 0.1) is 6.92 Å². The molecule has 2 rings (SSSR count). The second-order valence-electron chi connectivity index (χ2n) is 4.10. The van der Waals surface area contributed by atoms with Crippen LogP contribution >= 0.6 is 11.6 Å². The predicted molar refractivity (Wildman–Crippen MR) is 70.6 cm³/mol. The minimum atomic E-state index is 0.491. The van der Waals surface area contributed by atoms with Crippen LogP contribution in [0.3, 0.4) is 0 Å². The second kappa shape index (κ2) is 5.98. The van der Waals surface area contributed by atoms with Gasteiger partial charge in [-0.15, -0.1) is 0 Å². The maximum Gasteiger partial charge on any atom is 0.132 e. The third kappa shape index (κ3) is 3.09. The number of hydrogen-bond donors (Lipinski definition) is 0. The first kappa shape index (κ1) is 13.1. The zero-order valence-electron chi connectivity index (χ0n) is 10.6. The van der Waals surface area contributed by atoms with E-state index >= 15 is 0 Å². The molecule has 0 aliphatic heterocycles. The normalized spacial score (nSPS) is 10.8. The third-order valence-corrected chi connectivity index (χ3v) is 3.22. The smallest absolute Gasteiger partial charge is 0.132 e. The summed E-state index contributed by atoms with van der Waals surface area (Å²) in [5.74, 6) is 0. The maximum absolute atomic E-state index is 6.12. The van der Waals surface area contributed by atoms with E-state index in [1.807, 2.05) is 32.2 Å². The van der Waals surface area contributed by atoms with E-state index in [0.29, 0.717) is 18.4 Å². The van der Waals surface area contributed by atoms with Crippen LogP contribution in [0.5, 0.6) is 0 Å². The molecular formula is C13H16ClN3O. The van der Waals surface area contributed by atoms with Crippen molar-refractivity contribution >= 4 is 11.6 Å². The number of aryl methyl sites for hydroxylation is 2. The highest BCUT2D eigenvalue weighted by Crippen LogP contribution is 2.19. The summed E-state index contributed by atoms with van der Waals surface area (Å²) in [5, 5.41) is 4.88. The molecule has 96 valence electrons. The molecule has 0 radical (unpaired) electrons. The molecule has 0 bridgehead atoms. The van der Waals surface area contributed by atoms with Gasteiger partial charge in [0.05, 0.1) is 18.9 Å². The summed E-state index contributed by atoms with van der Waals surface area (Å²) in [5.41, 5.74) is 2.91. The molecule has 0 aromatic carbocycles. The average Bonchev–Trinajstić information content (AvgIpc) is 2.61. The largest absolute Gasteiger partial charge is 0.376 e. The topological polar surface area (TPSA) is 39.9 Å². The van der Waals surface area contributed by atoms with E-state index in [1.54, 1.807) is 10.9 Å². The number of aromatic nitrogens is 3. The molecule has 0 fully saturated rings. The van der Waals surface area contributed by atoms with E-state index in [4.69, 9.17) is 16.3 Å². The van der Waals surface area contributed by atoms with E-state index in [2.05, 4.69) is 10.1 Å². The van der Waals surface area contributed by atoms with Crippen LogP contribution in [-0.2, 0) is 24.8 Å². The molecule has 0 aliphatic carbocycles. The number of rotatable bonds is 5. The standard InChI is InChI=1S/C13H16ClN3O/c1-10-12(13(14)17(2)16-10)9-18-8-6-11-5-3-4-7-15-11/h3-5,7H,6,8-9H2,1-2H3. The fraction of sp³-hybridized carbons (Fsp3) is 0.385. The minimum Gasteiger partial charge on any atom is -0.376 e. The lowest BCUT2D eigenvalue weighted by molar-refractivity contribution is 0.123. The Bertz CT molecular complexity index is 510. The zero-order chi connectivity index (χ0) is 13.0. The summed E-state index contributed by atoms with van der Waals surface area (Å²) in [7, 11) is 1.83. The monoisotopic (exact) mass is 265 g/mol. The van der Waals surface area contributed by atoms with E-state index in [1.165, 1.54) is 0 Å². The van der Waals surface area contributed by atoms with Crippen LogP contribution in [0.15, 0.2) is 24.4 Å².